The molecule has 1 unspecified atom stereocenters. The second kappa shape index (κ2) is 4.44. The van der Waals surface area contributed by atoms with Crippen molar-refractivity contribution in [2.45, 2.75) is 26.4 Å². The molecule has 0 spiro atoms. The molecule has 0 aliphatic rings. The average molecular weight is 220 g/mol. The third-order valence-electron chi connectivity index (χ3n) is 2.67. The molecule has 0 radical (unpaired) electrons. The van der Waals surface area contributed by atoms with Gasteiger partial charge in [-0.25, -0.2) is 0 Å². The van der Waals surface area contributed by atoms with E-state index < -0.39 is 0 Å². The Morgan fingerprint density at radius 2 is 2.38 bits per heavy atom. The second-order valence-electron chi connectivity index (χ2n) is 3.92. The highest BCUT2D eigenvalue weighted by Crippen LogP contribution is 2.09. The first kappa shape index (κ1) is 10.8. The van der Waals surface area contributed by atoms with E-state index in [4.69, 9.17) is 0 Å². The zero-order valence-corrected chi connectivity index (χ0v) is 9.73. The van der Waals surface area contributed by atoms with Crippen molar-refractivity contribution in [2.75, 3.05) is 0 Å². The molecule has 0 fully saturated rings. The number of aryl methyl sites for hydroxylation is 2. The van der Waals surface area contributed by atoms with Crippen molar-refractivity contribution in [3.8, 4) is 0 Å². The van der Waals surface area contributed by atoms with E-state index in [0.29, 0.717) is 0 Å². The van der Waals surface area contributed by atoms with Gasteiger partial charge in [-0.1, -0.05) is 0 Å². The van der Waals surface area contributed by atoms with Crippen LogP contribution in [-0.2, 0) is 13.6 Å². The molecule has 16 heavy (non-hydrogen) atoms. The molecule has 0 aliphatic carbocycles. The molecular formula is C10H16N6. The maximum Gasteiger partial charge on any atom is 0.149 e. The minimum atomic E-state index is 0.168. The number of nitrogens with one attached hydrogen (secondary N) is 2. The van der Waals surface area contributed by atoms with Gasteiger partial charge >= 0.3 is 0 Å². The maximum absolute atomic E-state index is 4.07. The van der Waals surface area contributed by atoms with E-state index in [1.807, 2.05) is 24.7 Å². The van der Waals surface area contributed by atoms with E-state index in [0.717, 1.165) is 18.1 Å². The average Bonchev–Trinajstić information content (AvgIpc) is 2.84. The predicted octanol–water partition coefficient (Wildman–Crippen LogP) is 0.697. The van der Waals surface area contributed by atoms with Crippen LogP contribution in [-0.4, -0.2) is 25.0 Å². The van der Waals surface area contributed by atoms with Crippen LogP contribution in [0.1, 0.15) is 30.0 Å². The van der Waals surface area contributed by atoms with Gasteiger partial charge in [-0.05, 0) is 13.8 Å². The van der Waals surface area contributed by atoms with Gasteiger partial charge < -0.3 is 9.88 Å². The van der Waals surface area contributed by atoms with Gasteiger partial charge in [-0.3, -0.25) is 5.10 Å². The van der Waals surface area contributed by atoms with Crippen molar-refractivity contribution in [3.63, 3.8) is 0 Å². The first-order valence-corrected chi connectivity index (χ1v) is 5.24. The molecular weight excluding hydrogens is 204 g/mol. The van der Waals surface area contributed by atoms with Crippen LogP contribution in [0.4, 0.5) is 0 Å². The fourth-order valence-corrected chi connectivity index (χ4v) is 1.59. The molecule has 2 aromatic heterocycles. The van der Waals surface area contributed by atoms with E-state index in [1.54, 1.807) is 6.33 Å². The Bertz CT molecular complexity index is 457. The Morgan fingerprint density at radius 3 is 2.94 bits per heavy atom. The quantitative estimate of drug-likeness (QED) is 0.795. The van der Waals surface area contributed by atoms with Crippen molar-refractivity contribution < 1.29 is 0 Å². The van der Waals surface area contributed by atoms with Gasteiger partial charge in [-0.2, -0.15) is 5.10 Å². The molecule has 1 atom stereocenters. The number of aromatic amines is 1. The number of hydrogen-bond donors (Lipinski definition) is 2. The Balaban J connectivity index is 1.97. The molecule has 6 heteroatoms. The predicted molar refractivity (Wildman–Crippen MR) is 59.6 cm³/mol. The van der Waals surface area contributed by atoms with Gasteiger partial charge in [0.15, 0.2) is 0 Å². The van der Waals surface area contributed by atoms with Crippen molar-refractivity contribution in [2.24, 2.45) is 7.05 Å². The first-order chi connectivity index (χ1) is 7.68. The molecule has 2 rings (SSSR count). The molecule has 2 aromatic rings. The lowest BCUT2D eigenvalue weighted by molar-refractivity contribution is 0.527. The minimum absolute atomic E-state index is 0.168. The van der Waals surface area contributed by atoms with Crippen molar-refractivity contribution in [3.05, 3.63) is 29.6 Å². The lowest BCUT2D eigenvalue weighted by atomic mass is 10.2. The topological polar surface area (TPSA) is 71.4 Å². The zero-order chi connectivity index (χ0) is 11.5. The monoisotopic (exact) mass is 220 g/mol. The molecule has 0 aromatic carbocycles. The van der Waals surface area contributed by atoms with Gasteiger partial charge in [0.2, 0.25) is 0 Å². The molecule has 0 saturated heterocycles. The standard InChI is InChI=1S/C10H16N6/c1-7-9(5-12-14-7)4-11-8(2)10-15-13-6-16(10)3/h5-6,8,11H,4H2,1-3H3,(H,12,14). The van der Waals surface area contributed by atoms with Gasteiger partial charge in [-0.15, -0.1) is 10.2 Å². The van der Waals surface area contributed by atoms with E-state index in [1.165, 1.54) is 5.56 Å². The number of aromatic nitrogens is 5. The largest absolute Gasteiger partial charge is 0.319 e. The summed E-state index contributed by atoms with van der Waals surface area (Å²) in [5.41, 5.74) is 2.27. The molecule has 0 amide bonds. The Labute approximate surface area is 94.1 Å². The van der Waals surface area contributed by atoms with Crippen LogP contribution >= 0.6 is 0 Å². The van der Waals surface area contributed by atoms with E-state index >= 15 is 0 Å². The summed E-state index contributed by atoms with van der Waals surface area (Å²) in [6.07, 6.45) is 3.54. The third-order valence-corrected chi connectivity index (χ3v) is 2.67. The number of H-pyrrole nitrogens is 1. The molecule has 2 N–H and O–H groups in total. The van der Waals surface area contributed by atoms with Gasteiger partial charge in [0, 0.05) is 24.8 Å². The van der Waals surface area contributed by atoms with Crippen LogP contribution in [0.3, 0.4) is 0 Å². The number of hydrogen-bond acceptors (Lipinski definition) is 4. The van der Waals surface area contributed by atoms with E-state index in [-0.39, 0.29) is 6.04 Å². The van der Waals surface area contributed by atoms with Crippen LogP contribution < -0.4 is 5.32 Å². The molecule has 6 nitrogen and oxygen atoms in total. The smallest absolute Gasteiger partial charge is 0.149 e. The lowest BCUT2D eigenvalue weighted by Gasteiger charge is -2.12. The summed E-state index contributed by atoms with van der Waals surface area (Å²) in [6, 6.07) is 0.168. The SMILES string of the molecule is Cc1[nH]ncc1CNC(C)c1nncn1C. The Morgan fingerprint density at radius 1 is 1.56 bits per heavy atom. The normalized spacial score (nSPS) is 12.9. The summed E-state index contributed by atoms with van der Waals surface area (Å²) in [4.78, 5) is 0. The number of rotatable bonds is 4. The first-order valence-electron chi connectivity index (χ1n) is 5.24. The summed E-state index contributed by atoms with van der Waals surface area (Å²) in [7, 11) is 1.94. The number of nitrogens with zero attached hydrogens (tertiary/aromatic N) is 4. The highest BCUT2D eigenvalue weighted by Gasteiger charge is 2.11. The van der Waals surface area contributed by atoms with Crippen LogP contribution in [0.5, 0.6) is 0 Å². The van der Waals surface area contributed by atoms with Crippen LogP contribution in [0, 0.1) is 6.92 Å². The Hall–Kier alpha value is -1.69. The Kier molecular flexibility index (Phi) is 3.00. The summed E-state index contributed by atoms with van der Waals surface area (Å²) in [5, 5.41) is 18.2. The lowest BCUT2D eigenvalue weighted by Crippen LogP contribution is -2.21. The van der Waals surface area contributed by atoms with Crippen molar-refractivity contribution >= 4 is 0 Å². The molecule has 0 saturated carbocycles. The van der Waals surface area contributed by atoms with Crippen LogP contribution in [0.15, 0.2) is 12.5 Å². The van der Waals surface area contributed by atoms with Gasteiger partial charge in [0.1, 0.15) is 12.2 Å². The zero-order valence-electron chi connectivity index (χ0n) is 9.73. The summed E-state index contributed by atoms with van der Waals surface area (Å²) in [6.45, 7) is 4.85. The molecule has 86 valence electrons. The highest BCUT2D eigenvalue weighted by atomic mass is 15.3. The fraction of sp³-hybridized carbons (Fsp3) is 0.500. The van der Waals surface area contributed by atoms with E-state index in [9.17, 15) is 0 Å². The van der Waals surface area contributed by atoms with Crippen LogP contribution in [0.2, 0.25) is 0 Å². The van der Waals surface area contributed by atoms with Gasteiger partial charge in [0.25, 0.3) is 0 Å². The summed E-state index contributed by atoms with van der Waals surface area (Å²) in [5.74, 6) is 0.932. The second-order valence-corrected chi connectivity index (χ2v) is 3.92. The third kappa shape index (κ3) is 2.11. The fourth-order valence-electron chi connectivity index (χ4n) is 1.59. The molecule has 2 heterocycles. The van der Waals surface area contributed by atoms with Crippen molar-refractivity contribution in [1.82, 2.24) is 30.3 Å². The van der Waals surface area contributed by atoms with Crippen LogP contribution in [0.25, 0.3) is 0 Å². The summed E-state index contributed by atoms with van der Waals surface area (Å²) >= 11 is 0. The summed E-state index contributed by atoms with van der Waals surface area (Å²) < 4.78 is 1.92. The van der Waals surface area contributed by atoms with Gasteiger partial charge in [0.05, 0.1) is 12.2 Å². The minimum Gasteiger partial charge on any atom is -0.319 e. The maximum atomic E-state index is 4.07. The van der Waals surface area contributed by atoms with Crippen molar-refractivity contribution in [1.29, 1.82) is 0 Å². The van der Waals surface area contributed by atoms with E-state index in [2.05, 4.69) is 32.6 Å². The molecule has 0 aliphatic heterocycles. The highest BCUT2D eigenvalue weighted by molar-refractivity contribution is 5.14. The molecule has 0 bridgehead atoms.